The van der Waals surface area contributed by atoms with Gasteiger partial charge in [0.25, 0.3) is 0 Å². The van der Waals surface area contributed by atoms with E-state index in [2.05, 4.69) is 4.57 Å². The van der Waals surface area contributed by atoms with E-state index >= 15 is 0 Å². The number of benzene rings is 5. The SMILES string of the molecule is O=C(Oc1ccccc1)C(=Cc1cc(-c2ccccc2)n(-c2ccccc2)c1-c1ccccc1)C(=O)Oc1ccccc1. The molecule has 43 heavy (non-hydrogen) atoms. The molecule has 0 bridgehead atoms. The topological polar surface area (TPSA) is 57.5 Å². The lowest BCUT2D eigenvalue weighted by Gasteiger charge is -2.15. The molecule has 1 heterocycles. The largest absolute Gasteiger partial charge is 0.423 e. The van der Waals surface area contributed by atoms with Crippen LogP contribution in [0, 0.1) is 0 Å². The van der Waals surface area contributed by atoms with Crippen LogP contribution in [0.2, 0.25) is 0 Å². The normalized spacial score (nSPS) is 10.5. The molecule has 5 heteroatoms. The van der Waals surface area contributed by atoms with Crippen LogP contribution in [-0.2, 0) is 9.59 Å². The lowest BCUT2D eigenvalue weighted by Crippen LogP contribution is -2.22. The fourth-order valence-electron chi connectivity index (χ4n) is 4.86. The zero-order valence-corrected chi connectivity index (χ0v) is 23.2. The van der Waals surface area contributed by atoms with Crippen molar-refractivity contribution in [3.8, 4) is 39.7 Å². The first-order valence-electron chi connectivity index (χ1n) is 13.9. The second kappa shape index (κ2) is 12.7. The van der Waals surface area contributed by atoms with Crippen molar-refractivity contribution in [3.05, 3.63) is 169 Å². The van der Waals surface area contributed by atoms with E-state index in [1.807, 2.05) is 109 Å². The minimum absolute atomic E-state index is 0.241. The van der Waals surface area contributed by atoms with Crippen LogP contribution < -0.4 is 9.47 Å². The Kier molecular flexibility index (Phi) is 8.05. The molecule has 0 aliphatic carbocycles. The average molecular weight is 562 g/mol. The summed E-state index contributed by atoms with van der Waals surface area (Å²) in [6.07, 6.45) is 1.56. The molecule has 6 aromatic rings. The highest BCUT2D eigenvalue weighted by Gasteiger charge is 2.26. The van der Waals surface area contributed by atoms with E-state index in [4.69, 9.17) is 9.47 Å². The van der Waals surface area contributed by atoms with Gasteiger partial charge in [-0.15, -0.1) is 0 Å². The van der Waals surface area contributed by atoms with Gasteiger partial charge < -0.3 is 14.0 Å². The number of aromatic nitrogens is 1. The summed E-state index contributed by atoms with van der Waals surface area (Å²) >= 11 is 0. The highest BCUT2D eigenvalue weighted by atomic mass is 16.6. The van der Waals surface area contributed by atoms with Crippen LogP contribution in [0.5, 0.6) is 11.5 Å². The first kappa shape index (κ1) is 27.2. The van der Waals surface area contributed by atoms with Crippen LogP contribution in [0.1, 0.15) is 5.56 Å². The molecule has 5 aromatic carbocycles. The maximum atomic E-state index is 13.6. The Balaban J connectivity index is 1.57. The molecule has 0 aliphatic heterocycles. The van der Waals surface area contributed by atoms with E-state index in [1.54, 1.807) is 54.6 Å². The van der Waals surface area contributed by atoms with Crippen molar-refractivity contribution >= 4 is 18.0 Å². The summed E-state index contributed by atoms with van der Waals surface area (Å²) < 4.78 is 13.4. The number of ether oxygens (including phenoxy) is 2. The Bertz CT molecular complexity index is 1810. The average Bonchev–Trinajstić information content (AvgIpc) is 3.45. The molecule has 0 saturated carbocycles. The Morgan fingerprint density at radius 1 is 0.512 bits per heavy atom. The fourth-order valence-corrected chi connectivity index (χ4v) is 4.86. The van der Waals surface area contributed by atoms with Crippen molar-refractivity contribution in [2.45, 2.75) is 0 Å². The second-order valence-electron chi connectivity index (χ2n) is 9.70. The Morgan fingerprint density at radius 3 is 1.42 bits per heavy atom. The van der Waals surface area contributed by atoms with Crippen molar-refractivity contribution in [1.29, 1.82) is 0 Å². The molecule has 0 N–H and O–H groups in total. The lowest BCUT2D eigenvalue weighted by atomic mass is 10.0. The first-order chi connectivity index (χ1) is 21.2. The Hall–Kier alpha value is -5.94. The number of esters is 2. The third-order valence-electron chi connectivity index (χ3n) is 6.81. The number of carbonyl (C=O) groups excluding carboxylic acids is 2. The molecule has 0 unspecified atom stereocenters. The maximum Gasteiger partial charge on any atom is 0.351 e. The van der Waals surface area contributed by atoms with E-state index in [9.17, 15) is 9.59 Å². The molecule has 0 amide bonds. The van der Waals surface area contributed by atoms with Crippen LogP contribution in [0.4, 0.5) is 0 Å². The Morgan fingerprint density at radius 2 is 0.930 bits per heavy atom. The number of nitrogens with zero attached hydrogens (tertiary/aromatic N) is 1. The van der Waals surface area contributed by atoms with E-state index in [1.165, 1.54) is 0 Å². The van der Waals surface area contributed by atoms with Gasteiger partial charge >= 0.3 is 11.9 Å². The van der Waals surface area contributed by atoms with E-state index in [-0.39, 0.29) is 5.57 Å². The molecule has 1 aromatic heterocycles. The van der Waals surface area contributed by atoms with Gasteiger partial charge in [0.05, 0.1) is 11.4 Å². The van der Waals surface area contributed by atoms with Gasteiger partial charge in [-0.1, -0.05) is 115 Å². The van der Waals surface area contributed by atoms with Crippen LogP contribution in [0.25, 0.3) is 34.3 Å². The van der Waals surface area contributed by atoms with Gasteiger partial charge in [0.2, 0.25) is 0 Å². The first-order valence-corrected chi connectivity index (χ1v) is 13.9. The van der Waals surface area contributed by atoms with Crippen LogP contribution in [0.3, 0.4) is 0 Å². The Labute approximate surface area is 249 Å². The van der Waals surface area contributed by atoms with E-state index < -0.39 is 11.9 Å². The molecule has 0 spiro atoms. The molecule has 0 radical (unpaired) electrons. The smallest absolute Gasteiger partial charge is 0.351 e. The number of hydrogen-bond acceptors (Lipinski definition) is 4. The van der Waals surface area contributed by atoms with E-state index in [0.717, 1.165) is 28.2 Å². The van der Waals surface area contributed by atoms with Crippen molar-refractivity contribution in [1.82, 2.24) is 4.57 Å². The monoisotopic (exact) mass is 561 g/mol. The lowest BCUT2D eigenvalue weighted by molar-refractivity contribution is -0.137. The third kappa shape index (κ3) is 6.21. The van der Waals surface area contributed by atoms with Gasteiger partial charge in [-0.25, -0.2) is 9.59 Å². The second-order valence-corrected chi connectivity index (χ2v) is 9.70. The standard InChI is InChI=1S/C38H27NO4/c40-37(42-32-22-12-4-13-23-32)34(38(41)43-33-24-14-5-15-25-33)26-30-27-35(28-16-6-1-7-17-28)39(31-20-10-3-11-21-31)36(30)29-18-8-2-9-19-29/h1-27H. The summed E-state index contributed by atoms with van der Waals surface area (Å²) in [5.41, 5.74) is 4.93. The summed E-state index contributed by atoms with van der Waals surface area (Å²) in [6.45, 7) is 0. The van der Waals surface area contributed by atoms with Gasteiger partial charge in [-0.2, -0.15) is 0 Å². The van der Waals surface area contributed by atoms with Crippen molar-refractivity contribution < 1.29 is 19.1 Å². The predicted molar refractivity (Wildman–Crippen MR) is 169 cm³/mol. The van der Waals surface area contributed by atoms with Crippen LogP contribution >= 0.6 is 0 Å². The summed E-state index contributed by atoms with van der Waals surface area (Å²) in [4.78, 5) is 27.3. The summed E-state index contributed by atoms with van der Waals surface area (Å²) in [7, 11) is 0. The van der Waals surface area contributed by atoms with Gasteiger partial charge in [-0.3, -0.25) is 0 Å². The number of carbonyl (C=O) groups is 2. The molecular weight excluding hydrogens is 534 g/mol. The number of para-hydroxylation sites is 3. The van der Waals surface area contributed by atoms with Gasteiger partial charge in [0.1, 0.15) is 17.1 Å². The molecule has 5 nitrogen and oxygen atoms in total. The molecular formula is C38H27NO4. The molecule has 208 valence electrons. The van der Waals surface area contributed by atoms with Crippen molar-refractivity contribution in [3.63, 3.8) is 0 Å². The minimum Gasteiger partial charge on any atom is -0.423 e. The number of rotatable bonds is 8. The van der Waals surface area contributed by atoms with Gasteiger partial charge in [0, 0.05) is 11.3 Å². The fraction of sp³-hybridized carbons (Fsp3) is 0. The van der Waals surface area contributed by atoms with Gasteiger partial charge in [0.15, 0.2) is 0 Å². The third-order valence-corrected chi connectivity index (χ3v) is 6.81. The molecule has 0 atom stereocenters. The zero-order chi connectivity index (χ0) is 29.4. The highest BCUT2D eigenvalue weighted by Crippen LogP contribution is 2.37. The summed E-state index contributed by atoms with van der Waals surface area (Å²) in [5.74, 6) is -0.998. The summed E-state index contributed by atoms with van der Waals surface area (Å²) in [6, 6.07) is 49.2. The molecule has 0 fully saturated rings. The van der Waals surface area contributed by atoms with Crippen molar-refractivity contribution in [2.24, 2.45) is 0 Å². The van der Waals surface area contributed by atoms with Crippen molar-refractivity contribution in [2.75, 3.05) is 0 Å². The maximum absolute atomic E-state index is 13.6. The summed E-state index contributed by atoms with van der Waals surface area (Å²) in [5, 5.41) is 0. The van der Waals surface area contributed by atoms with Crippen LogP contribution in [-0.4, -0.2) is 16.5 Å². The predicted octanol–water partition coefficient (Wildman–Crippen LogP) is 8.41. The minimum atomic E-state index is -0.820. The molecule has 6 rings (SSSR count). The highest BCUT2D eigenvalue weighted by molar-refractivity contribution is 6.19. The number of hydrogen-bond donors (Lipinski definition) is 0. The molecule has 0 saturated heterocycles. The van der Waals surface area contributed by atoms with E-state index in [0.29, 0.717) is 17.1 Å². The molecule has 0 aliphatic rings. The van der Waals surface area contributed by atoms with Crippen LogP contribution in [0.15, 0.2) is 163 Å². The van der Waals surface area contributed by atoms with Gasteiger partial charge in [-0.05, 0) is 59.7 Å². The zero-order valence-electron chi connectivity index (χ0n) is 23.2. The quantitative estimate of drug-likeness (QED) is 0.0616.